The van der Waals surface area contributed by atoms with Gasteiger partial charge in [0.1, 0.15) is 0 Å². The van der Waals surface area contributed by atoms with Crippen LogP contribution < -0.4 is 9.80 Å². The second-order valence-electron chi connectivity index (χ2n) is 18.4. The number of hydrogen-bond acceptors (Lipinski definition) is 2. The summed E-state index contributed by atoms with van der Waals surface area (Å²) in [5.41, 5.74) is 25.0. The Hall–Kier alpha value is -8.20. The molecule has 2 spiro atoms. The first kappa shape index (κ1) is 37.2. The summed E-state index contributed by atoms with van der Waals surface area (Å²) in [5, 5.41) is 0. The van der Waals surface area contributed by atoms with Crippen LogP contribution in [0.25, 0.3) is 44.5 Å². The summed E-state index contributed by atoms with van der Waals surface area (Å²) in [4.78, 5) is 5.13. The van der Waals surface area contributed by atoms with Crippen LogP contribution in [-0.2, 0) is 10.8 Å². The minimum absolute atomic E-state index is 0.378. The first-order valence-electron chi connectivity index (χ1n) is 23.3. The van der Waals surface area contributed by atoms with E-state index in [-0.39, 0.29) is 10.8 Å². The maximum atomic E-state index is 2.56. The van der Waals surface area contributed by atoms with E-state index in [1.54, 1.807) is 0 Å². The summed E-state index contributed by atoms with van der Waals surface area (Å²) in [5.74, 6) is 0. The highest BCUT2D eigenvalue weighted by Crippen LogP contribution is 2.73. The fourth-order valence-electron chi connectivity index (χ4n) is 12.5. The van der Waals surface area contributed by atoms with E-state index in [2.05, 4.69) is 252 Å². The van der Waals surface area contributed by atoms with Crippen LogP contribution >= 0.6 is 0 Å². The standard InChI is InChI=1S/C64H44N2/c1-5-15-43(16-6-1)47-27-33-51(34-28-47)65-57-37-31-49(45-19-9-3-10-20-45)41-55(57)63-39-40-64(53-23-13-25-59(65)61(53)63)56-42-50(46-21-11-4-12-22-46)32-38-58(56)66(60-26-14-24-54(63)62(60)64)52-35-29-48(30-36-52)44-17-7-2-8-18-44/h1-38,41-42H,39-40H2. The van der Waals surface area contributed by atoms with E-state index < -0.39 is 0 Å². The van der Waals surface area contributed by atoms with Crippen LogP contribution in [0.1, 0.15) is 46.2 Å². The van der Waals surface area contributed by atoms with Gasteiger partial charge in [0.2, 0.25) is 0 Å². The van der Waals surface area contributed by atoms with E-state index >= 15 is 0 Å². The molecule has 2 heterocycles. The Labute approximate surface area is 386 Å². The van der Waals surface area contributed by atoms with Gasteiger partial charge in [0.05, 0.1) is 33.6 Å². The molecule has 0 saturated carbocycles. The van der Waals surface area contributed by atoms with Gasteiger partial charge in [0.15, 0.2) is 0 Å². The molecule has 2 aliphatic heterocycles. The van der Waals surface area contributed by atoms with Gasteiger partial charge in [-0.05, 0) is 151 Å². The lowest BCUT2D eigenvalue weighted by Gasteiger charge is -2.62. The summed E-state index contributed by atoms with van der Waals surface area (Å²) >= 11 is 0. The van der Waals surface area contributed by atoms with Crippen molar-refractivity contribution < 1.29 is 0 Å². The molecule has 0 saturated heterocycles. The van der Waals surface area contributed by atoms with Crippen LogP contribution in [-0.4, -0.2) is 0 Å². The second-order valence-corrected chi connectivity index (χ2v) is 18.4. The number of benzene rings is 10. The lowest BCUT2D eigenvalue weighted by molar-refractivity contribution is 0.361. The maximum absolute atomic E-state index is 2.56. The third-order valence-corrected chi connectivity index (χ3v) is 15.3. The molecule has 0 N–H and O–H groups in total. The summed E-state index contributed by atoms with van der Waals surface area (Å²) in [6, 6.07) is 90.7. The Kier molecular flexibility index (Phi) is 7.98. The second kappa shape index (κ2) is 14.1. The van der Waals surface area contributed by atoms with E-state index in [1.165, 1.54) is 112 Å². The minimum Gasteiger partial charge on any atom is -0.310 e. The number of fused-ring (bicyclic) bond motifs is 3. The van der Waals surface area contributed by atoms with Crippen molar-refractivity contribution >= 4 is 34.1 Å². The number of rotatable bonds is 6. The highest BCUT2D eigenvalue weighted by Gasteiger charge is 2.63. The van der Waals surface area contributed by atoms with Crippen molar-refractivity contribution in [2.24, 2.45) is 0 Å². The Morgan fingerprint density at radius 2 is 0.561 bits per heavy atom. The van der Waals surface area contributed by atoms with Crippen LogP contribution in [0, 0.1) is 0 Å². The third-order valence-electron chi connectivity index (χ3n) is 15.3. The van der Waals surface area contributed by atoms with Gasteiger partial charge < -0.3 is 9.80 Å². The molecule has 0 radical (unpaired) electrons. The lowest BCUT2D eigenvalue weighted by atomic mass is 9.44. The molecule has 2 nitrogen and oxygen atoms in total. The fraction of sp³-hybridized carbons (Fsp3) is 0.0625. The van der Waals surface area contributed by atoms with Crippen LogP contribution in [0.15, 0.2) is 243 Å². The van der Waals surface area contributed by atoms with Crippen LogP contribution in [0.4, 0.5) is 34.1 Å². The van der Waals surface area contributed by atoms with E-state index in [9.17, 15) is 0 Å². The largest absolute Gasteiger partial charge is 0.310 e. The molecule has 310 valence electrons. The average Bonchev–Trinajstić information content (AvgIpc) is 3.40. The summed E-state index contributed by atoms with van der Waals surface area (Å²) in [7, 11) is 0. The molecular weight excluding hydrogens is 797 g/mol. The van der Waals surface area contributed by atoms with E-state index in [4.69, 9.17) is 0 Å². The minimum atomic E-state index is -0.378. The van der Waals surface area contributed by atoms with Gasteiger partial charge in [-0.1, -0.05) is 182 Å². The zero-order valence-corrected chi connectivity index (χ0v) is 36.4. The summed E-state index contributed by atoms with van der Waals surface area (Å²) in [6.45, 7) is 0. The van der Waals surface area contributed by atoms with Crippen LogP contribution in [0.3, 0.4) is 0 Å². The molecule has 0 fully saturated rings. The molecule has 10 aromatic carbocycles. The van der Waals surface area contributed by atoms with Crippen molar-refractivity contribution in [2.45, 2.75) is 23.7 Å². The smallest absolute Gasteiger partial charge is 0.0509 e. The summed E-state index contributed by atoms with van der Waals surface area (Å²) in [6.07, 6.45) is 2.00. The fourth-order valence-corrected chi connectivity index (χ4v) is 12.5. The molecule has 3 aliphatic carbocycles. The molecule has 5 aliphatic rings. The number of hydrogen-bond donors (Lipinski definition) is 0. The normalized spacial score (nSPS) is 17.9. The van der Waals surface area contributed by atoms with E-state index in [0.29, 0.717) is 0 Å². The average molecular weight is 841 g/mol. The highest BCUT2D eigenvalue weighted by atomic mass is 15.2. The highest BCUT2D eigenvalue weighted by molar-refractivity contribution is 5.98. The molecule has 2 unspecified atom stereocenters. The Balaban J connectivity index is 1.05. The zero-order valence-electron chi connectivity index (χ0n) is 36.4. The van der Waals surface area contributed by atoms with Gasteiger partial charge in [-0.15, -0.1) is 0 Å². The molecule has 2 bridgehead atoms. The van der Waals surface area contributed by atoms with Crippen molar-refractivity contribution in [1.29, 1.82) is 0 Å². The lowest BCUT2D eigenvalue weighted by Crippen LogP contribution is -2.54. The van der Waals surface area contributed by atoms with E-state index in [1.807, 2.05) is 0 Å². The molecular formula is C64H44N2. The first-order valence-corrected chi connectivity index (χ1v) is 23.3. The van der Waals surface area contributed by atoms with Gasteiger partial charge >= 0.3 is 0 Å². The Bertz CT molecular complexity index is 3270. The van der Waals surface area contributed by atoms with Gasteiger partial charge in [-0.25, -0.2) is 0 Å². The van der Waals surface area contributed by atoms with Crippen molar-refractivity contribution in [3.63, 3.8) is 0 Å². The van der Waals surface area contributed by atoms with Crippen molar-refractivity contribution in [3.05, 3.63) is 276 Å². The van der Waals surface area contributed by atoms with Crippen LogP contribution in [0.5, 0.6) is 0 Å². The predicted octanol–water partition coefficient (Wildman–Crippen LogP) is 16.7. The molecule has 0 amide bonds. The molecule has 66 heavy (non-hydrogen) atoms. The molecule has 2 heteroatoms. The van der Waals surface area contributed by atoms with Gasteiger partial charge in [0, 0.05) is 11.4 Å². The number of anilines is 6. The van der Waals surface area contributed by atoms with E-state index in [0.717, 1.165) is 12.8 Å². The van der Waals surface area contributed by atoms with Gasteiger partial charge in [0.25, 0.3) is 0 Å². The molecule has 0 aromatic heterocycles. The van der Waals surface area contributed by atoms with Crippen LogP contribution in [0.2, 0.25) is 0 Å². The zero-order chi connectivity index (χ0) is 43.4. The Morgan fingerprint density at radius 1 is 0.242 bits per heavy atom. The molecule has 2 atom stereocenters. The quantitative estimate of drug-likeness (QED) is 0.165. The topological polar surface area (TPSA) is 6.48 Å². The SMILES string of the molecule is c1ccc(-c2ccc(N3c4ccc(-c5ccccc5)cc4C45CCC6(c7cc(-c8ccccc8)ccc7N(c7ccc(-c8ccccc8)cc7)c7cccc4c76)c4cccc3c45)cc2)cc1. The maximum Gasteiger partial charge on any atom is 0.0509 e. The van der Waals surface area contributed by atoms with Crippen molar-refractivity contribution in [2.75, 3.05) is 9.80 Å². The predicted molar refractivity (Wildman–Crippen MR) is 273 cm³/mol. The van der Waals surface area contributed by atoms with Gasteiger partial charge in [-0.3, -0.25) is 0 Å². The first-order chi connectivity index (χ1) is 32.7. The van der Waals surface area contributed by atoms with Crippen molar-refractivity contribution in [3.8, 4) is 44.5 Å². The number of nitrogens with zero attached hydrogens (tertiary/aromatic N) is 2. The Morgan fingerprint density at radius 3 is 0.924 bits per heavy atom. The molecule has 10 aromatic rings. The monoisotopic (exact) mass is 840 g/mol. The third kappa shape index (κ3) is 5.13. The molecule has 15 rings (SSSR count). The summed E-state index contributed by atoms with van der Waals surface area (Å²) < 4.78 is 0. The van der Waals surface area contributed by atoms with Gasteiger partial charge in [-0.2, -0.15) is 0 Å². The van der Waals surface area contributed by atoms with Crippen molar-refractivity contribution in [1.82, 2.24) is 0 Å².